The van der Waals surface area contributed by atoms with E-state index < -0.39 is 11.6 Å². The van der Waals surface area contributed by atoms with Crippen LogP contribution < -0.4 is 0 Å². The van der Waals surface area contributed by atoms with Crippen molar-refractivity contribution in [1.82, 2.24) is 29.9 Å². The Morgan fingerprint density at radius 1 is 1.16 bits per heavy atom. The largest absolute Gasteiger partial charge is 0.335 e. The van der Waals surface area contributed by atoms with Crippen molar-refractivity contribution in [3.8, 4) is 5.69 Å². The number of halogens is 3. The van der Waals surface area contributed by atoms with Crippen LogP contribution in [0.4, 0.5) is 8.78 Å². The molecule has 2 aromatic heterocycles. The lowest BCUT2D eigenvalue weighted by Gasteiger charge is -2.40. The molecule has 10 heteroatoms. The van der Waals surface area contributed by atoms with Crippen molar-refractivity contribution < 1.29 is 13.6 Å². The molecule has 3 aromatic rings. The van der Waals surface area contributed by atoms with Gasteiger partial charge in [0.25, 0.3) is 5.91 Å². The molecule has 2 atom stereocenters. The third-order valence-electron chi connectivity index (χ3n) is 5.62. The molecule has 7 nitrogen and oxygen atoms in total. The van der Waals surface area contributed by atoms with E-state index >= 15 is 0 Å². The Balaban J connectivity index is 1.62. The van der Waals surface area contributed by atoms with E-state index in [1.54, 1.807) is 17.3 Å². The number of amides is 1. The molecule has 1 fully saturated rings. The fourth-order valence-corrected chi connectivity index (χ4v) is 4.15. The summed E-state index contributed by atoms with van der Waals surface area (Å²) in [5.74, 6) is -1.65. The first kappa shape index (κ1) is 21.3. The van der Waals surface area contributed by atoms with Gasteiger partial charge in [0.15, 0.2) is 11.6 Å². The SMILES string of the molecule is C[C@@H]1CCCN(C(=O)c2cc(F)c(F)cc2-n2nccn2)[C@@H]1CCc1ncc(Cl)cn1. The van der Waals surface area contributed by atoms with Gasteiger partial charge in [-0.05, 0) is 31.2 Å². The van der Waals surface area contributed by atoms with Crippen LogP contribution in [0.25, 0.3) is 5.69 Å². The fraction of sp³-hybridized carbons (Fsp3) is 0.381. The molecule has 1 aliphatic heterocycles. The van der Waals surface area contributed by atoms with Gasteiger partial charge in [-0.2, -0.15) is 15.0 Å². The van der Waals surface area contributed by atoms with Crippen LogP contribution in [0.15, 0.2) is 36.9 Å². The van der Waals surface area contributed by atoms with Crippen LogP contribution in [-0.4, -0.2) is 48.4 Å². The summed E-state index contributed by atoms with van der Waals surface area (Å²) in [5.41, 5.74) is 0.129. The highest BCUT2D eigenvalue weighted by atomic mass is 35.5. The predicted molar refractivity (Wildman–Crippen MR) is 110 cm³/mol. The third-order valence-corrected chi connectivity index (χ3v) is 5.81. The van der Waals surface area contributed by atoms with Gasteiger partial charge in [-0.15, -0.1) is 0 Å². The number of carbonyl (C=O) groups is 1. The normalized spacial score (nSPS) is 18.9. The lowest BCUT2D eigenvalue weighted by Crippen LogP contribution is -2.48. The number of hydrogen-bond donors (Lipinski definition) is 0. The highest BCUT2D eigenvalue weighted by Crippen LogP contribution is 2.30. The number of hydrogen-bond acceptors (Lipinski definition) is 5. The first-order valence-electron chi connectivity index (χ1n) is 10.1. The van der Waals surface area contributed by atoms with Gasteiger partial charge >= 0.3 is 0 Å². The maximum atomic E-state index is 14.1. The van der Waals surface area contributed by atoms with Crippen molar-refractivity contribution in [2.24, 2.45) is 5.92 Å². The fourth-order valence-electron chi connectivity index (χ4n) is 4.05. The van der Waals surface area contributed by atoms with Crippen molar-refractivity contribution in [2.75, 3.05) is 6.54 Å². The van der Waals surface area contributed by atoms with Gasteiger partial charge < -0.3 is 4.90 Å². The molecule has 1 amide bonds. The molecule has 4 rings (SSSR count). The molecule has 1 aromatic carbocycles. The number of aromatic nitrogens is 5. The van der Waals surface area contributed by atoms with Crippen LogP contribution in [0.3, 0.4) is 0 Å². The molecular weight excluding hydrogens is 426 g/mol. The number of rotatable bonds is 5. The van der Waals surface area contributed by atoms with E-state index in [-0.39, 0.29) is 29.1 Å². The minimum atomic E-state index is -1.09. The Morgan fingerprint density at radius 3 is 2.55 bits per heavy atom. The van der Waals surface area contributed by atoms with Gasteiger partial charge in [-0.1, -0.05) is 18.5 Å². The Morgan fingerprint density at radius 2 is 1.84 bits per heavy atom. The Bertz CT molecular complexity index is 1060. The Hall–Kier alpha value is -2.94. The number of benzene rings is 1. The maximum absolute atomic E-state index is 14.1. The molecule has 1 saturated heterocycles. The monoisotopic (exact) mass is 446 g/mol. The van der Waals surface area contributed by atoms with E-state index in [9.17, 15) is 13.6 Å². The number of carbonyl (C=O) groups excluding carboxylic acids is 1. The van der Waals surface area contributed by atoms with Gasteiger partial charge in [0.1, 0.15) is 11.5 Å². The molecule has 0 N–H and O–H groups in total. The van der Waals surface area contributed by atoms with Crippen LogP contribution >= 0.6 is 11.6 Å². The highest BCUT2D eigenvalue weighted by molar-refractivity contribution is 6.30. The standard InChI is InChI=1S/C21H21ClF2N6O/c1-13-3-2-8-29(18(13)4-5-20-25-11-14(22)12-26-20)21(31)15-9-16(23)17(24)10-19(15)30-27-6-7-28-30/h6-7,9-13,18H,2-5,8H2,1H3/t13-,18-/m1/s1. The van der Waals surface area contributed by atoms with Gasteiger partial charge in [-0.3, -0.25) is 4.79 Å². The lowest BCUT2D eigenvalue weighted by atomic mass is 9.87. The van der Waals surface area contributed by atoms with Crippen LogP contribution in [-0.2, 0) is 6.42 Å². The van der Waals surface area contributed by atoms with E-state index in [2.05, 4.69) is 27.1 Å². The van der Waals surface area contributed by atoms with E-state index in [4.69, 9.17) is 11.6 Å². The summed E-state index contributed by atoms with van der Waals surface area (Å²) in [7, 11) is 0. The lowest BCUT2D eigenvalue weighted by molar-refractivity contribution is 0.0497. The minimum Gasteiger partial charge on any atom is -0.335 e. The van der Waals surface area contributed by atoms with Gasteiger partial charge in [-0.25, -0.2) is 18.7 Å². The molecule has 0 spiro atoms. The molecule has 1 aliphatic rings. The number of nitrogens with zero attached hydrogens (tertiary/aromatic N) is 6. The average Bonchev–Trinajstić information content (AvgIpc) is 3.30. The summed E-state index contributed by atoms with van der Waals surface area (Å²) in [6.45, 7) is 2.62. The summed E-state index contributed by atoms with van der Waals surface area (Å²) in [6, 6.07) is 1.79. The third kappa shape index (κ3) is 4.56. The molecule has 3 heterocycles. The zero-order valence-corrected chi connectivity index (χ0v) is 17.6. The summed E-state index contributed by atoms with van der Waals surface area (Å²) < 4.78 is 28.0. The second-order valence-electron chi connectivity index (χ2n) is 7.64. The summed E-state index contributed by atoms with van der Waals surface area (Å²) in [5, 5.41) is 8.42. The van der Waals surface area contributed by atoms with Crippen LogP contribution in [0.5, 0.6) is 0 Å². The number of aryl methyl sites for hydroxylation is 1. The highest BCUT2D eigenvalue weighted by Gasteiger charge is 2.34. The van der Waals surface area contributed by atoms with Gasteiger partial charge in [0, 0.05) is 37.5 Å². The second-order valence-corrected chi connectivity index (χ2v) is 8.08. The van der Waals surface area contributed by atoms with Crippen molar-refractivity contribution in [3.63, 3.8) is 0 Å². The predicted octanol–water partition coefficient (Wildman–Crippen LogP) is 3.86. The number of piperidine rings is 1. The molecular formula is C21H21ClF2N6O. The topological polar surface area (TPSA) is 76.8 Å². The van der Waals surface area contributed by atoms with Gasteiger partial charge in [0.05, 0.1) is 23.0 Å². The first-order chi connectivity index (χ1) is 14.9. The van der Waals surface area contributed by atoms with Gasteiger partial charge in [0.2, 0.25) is 0 Å². The molecule has 0 aliphatic carbocycles. The van der Waals surface area contributed by atoms with Crippen LogP contribution in [0.1, 0.15) is 42.4 Å². The summed E-state index contributed by atoms with van der Waals surface area (Å²) in [4.78, 5) is 24.8. The molecule has 31 heavy (non-hydrogen) atoms. The van der Waals surface area contributed by atoms with Crippen molar-refractivity contribution in [1.29, 1.82) is 0 Å². The molecule has 0 radical (unpaired) electrons. The Labute approximate surface area is 183 Å². The first-order valence-corrected chi connectivity index (χ1v) is 10.4. The smallest absolute Gasteiger partial charge is 0.256 e. The average molecular weight is 447 g/mol. The second kappa shape index (κ2) is 9.05. The van der Waals surface area contributed by atoms with Crippen molar-refractivity contribution in [2.45, 2.75) is 38.6 Å². The molecule has 162 valence electrons. The van der Waals surface area contributed by atoms with E-state index in [0.717, 1.165) is 29.8 Å². The zero-order valence-electron chi connectivity index (χ0n) is 16.9. The van der Waals surface area contributed by atoms with Crippen LogP contribution in [0, 0.1) is 17.6 Å². The van der Waals surface area contributed by atoms with Crippen molar-refractivity contribution in [3.05, 3.63) is 65.0 Å². The van der Waals surface area contributed by atoms with E-state index in [1.165, 1.54) is 12.4 Å². The summed E-state index contributed by atoms with van der Waals surface area (Å²) >= 11 is 5.85. The number of likely N-dealkylation sites (tertiary alicyclic amines) is 1. The maximum Gasteiger partial charge on any atom is 0.256 e. The molecule has 0 saturated carbocycles. The molecule has 0 unspecified atom stereocenters. The quantitative estimate of drug-likeness (QED) is 0.594. The van der Waals surface area contributed by atoms with E-state index in [1.807, 2.05) is 0 Å². The zero-order chi connectivity index (χ0) is 22.0. The summed E-state index contributed by atoms with van der Waals surface area (Å²) in [6.07, 6.45) is 8.93. The molecule has 0 bridgehead atoms. The van der Waals surface area contributed by atoms with Crippen LogP contribution in [0.2, 0.25) is 5.02 Å². The van der Waals surface area contributed by atoms with E-state index in [0.29, 0.717) is 30.2 Å². The van der Waals surface area contributed by atoms with Crippen molar-refractivity contribution >= 4 is 17.5 Å². The Kier molecular flexibility index (Phi) is 6.22. The minimum absolute atomic E-state index is 0.0249.